The number of hydrogen-bond acceptors (Lipinski definition) is 10. The Hall–Kier alpha value is -3.28. The number of benzene rings is 2. The fourth-order valence-corrected chi connectivity index (χ4v) is 5.15. The molecule has 0 radical (unpaired) electrons. The van der Waals surface area contributed by atoms with Crippen LogP contribution in [-0.2, 0) is 14.8 Å². The van der Waals surface area contributed by atoms with Crippen molar-refractivity contribution >= 4 is 32.6 Å². The van der Waals surface area contributed by atoms with Gasteiger partial charge in [-0.2, -0.15) is 9.98 Å². The molecule has 1 fully saturated rings. The lowest BCUT2D eigenvalue weighted by Gasteiger charge is -2.40. The first-order valence-electron chi connectivity index (χ1n) is 11.3. The van der Waals surface area contributed by atoms with Gasteiger partial charge in [-0.05, 0) is 41.1 Å². The number of fused-ring (bicyclic) bond motifs is 1. The molecule has 12 heteroatoms. The number of nitrogens with zero attached hydrogens (tertiary/aromatic N) is 2. The molecule has 1 saturated heterocycles. The molecule has 37 heavy (non-hydrogen) atoms. The summed E-state index contributed by atoms with van der Waals surface area (Å²) < 4.78 is 38.4. The number of ether oxygens (including phenoxy) is 1. The summed E-state index contributed by atoms with van der Waals surface area (Å²) in [6, 6.07) is 14.8. The maximum atomic E-state index is 12.8. The third kappa shape index (κ3) is 5.53. The number of nitrogens with one attached hydrogen (secondary N) is 1. The minimum absolute atomic E-state index is 0.0846. The van der Waals surface area contributed by atoms with Crippen molar-refractivity contribution < 1.29 is 38.0 Å². The van der Waals surface area contributed by atoms with Crippen molar-refractivity contribution in [3.05, 3.63) is 59.2 Å². The molecule has 0 bridgehead atoms. The third-order valence-corrected chi connectivity index (χ3v) is 7.49. The Balaban J connectivity index is 1.56. The van der Waals surface area contributed by atoms with Gasteiger partial charge in [0.1, 0.15) is 41.9 Å². The van der Waals surface area contributed by atoms with Crippen LogP contribution < -0.4 is 9.62 Å². The van der Waals surface area contributed by atoms with Crippen molar-refractivity contribution in [3.8, 4) is 17.4 Å². The predicted octanol–water partition coefficient (Wildman–Crippen LogP) is 0.750. The van der Waals surface area contributed by atoms with Crippen LogP contribution in [0, 0.1) is 11.3 Å². The molecule has 1 aliphatic rings. The summed E-state index contributed by atoms with van der Waals surface area (Å²) in [7, 11) is -0.646. The van der Waals surface area contributed by atoms with Crippen LogP contribution in [-0.4, -0.2) is 80.2 Å². The molecule has 4 rings (SSSR count). The van der Waals surface area contributed by atoms with Gasteiger partial charge in [0.15, 0.2) is 11.2 Å². The Labute approximate surface area is 213 Å². The number of nitriles is 1. The van der Waals surface area contributed by atoms with Gasteiger partial charge in [0.05, 0.1) is 6.61 Å². The van der Waals surface area contributed by atoms with E-state index in [4.69, 9.17) is 14.3 Å². The molecule has 1 unspecified atom stereocenters. The monoisotopic (exact) mass is 529 g/mol. The van der Waals surface area contributed by atoms with E-state index in [9.17, 15) is 29.0 Å². The van der Waals surface area contributed by atoms with Crippen LogP contribution in [0.1, 0.15) is 5.76 Å². The predicted molar refractivity (Wildman–Crippen MR) is 135 cm³/mol. The summed E-state index contributed by atoms with van der Waals surface area (Å²) in [5.74, 6) is 0.540. The minimum atomic E-state index is -4.57. The maximum Gasteiger partial charge on any atom is 0.251 e. The van der Waals surface area contributed by atoms with Gasteiger partial charge in [0.25, 0.3) is 10.0 Å². The van der Waals surface area contributed by atoms with Crippen LogP contribution >= 0.6 is 0 Å². The molecule has 0 spiro atoms. The molecule has 196 valence electrons. The van der Waals surface area contributed by atoms with Gasteiger partial charge in [-0.1, -0.05) is 18.2 Å². The summed E-state index contributed by atoms with van der Waals surface area (Å²) in [5.41, 5.74) is 1.81. The van der Waals surface area contributed by atoms with Crippen molar-refractivity contribution in [2.75, 3.05) is 25.6 Å². The van der Waals surface area contributed by atoms with Crippen LogP contribution in [0.15, 0.2) is 57.9 Å². The van der Waals surface area contributed by atoms with Gasteiger partial charge in [-0.15, -0.1) is 0 Å². The molecular weight excluding hydrogens is 502 g/mol. The molecule has 5 N–H and O–H groups in total. The van der Waals surface area contributed by atoms with Gasteiger partial charge < -0.3 is 34.5 Å². The highest BCUT2D eigenvalue weighted by Gasteiger charge is 2.45. The van der Waals surface area contributed by atoms with E-state index in [0.29, 0.717) is 5.76 Å². The van der Waals surface area contributed by atoms with Gasteiger partial charge in [0.2, 0.25) is 0 Å². The van der Waals surface area contributed by atoms with E-state index in [1.807, 2.05) is 54.0 Å². The number of rotatable bonds is 7. The molecule has 3 aromatic rings. The fourth-order valence-electron chi connectivity index (χ4n) is 4.02. The molecule has 2 heterocycles. The Morgan fingerprint density at radius 2 is 1.78 bits per heavy atom. The van der Waals surface area contributed by atoms with Crippen molar-refractivity contribution in [2.45, 2.75) is 30.6 Å². The zero-order valence-electron chi connectivity index (χ0n) is 20.0. The summed E-state index contributed by atoms with van der Waals surface area (Å²) in [5, 5.41) is 50.9. The number of aliphatic hydroxyl groups excluding tert-OH is 4. The van der Waals surface area contributed by atoms with Crippen molar-refractivity contribution in [1.82, 2.24) is 4.72 Å². The van der Waals surface area contributed by atoms with Gasteiger partial charge >= 0.3 is 0 Å². The van der Waals surface area contributed by atoms with Crippen LogP contribution in [0.4, 0.5) is 5.69 Å². The summed E-state index contributed by atoms with van der Waals surface area (Å²) in [6.45, 7) is -0.701. The summed E-state index contributed by atoms with van der Waals surface area (Å²) in [6.07, 6.45) is -5.64. The Kier molecular flexibility index (Phi) is 7.67. The maximum absolute atomic E-state index is 12.8. The number of anilines is 1. The van der Waals surface area contributed by atoms with E-state index >= 15 is 0 Å². The highest BCUT2D eigenvalue weighted by molar-refractivity contribution is 7.93. The van der Waals surface area contributed by atoms with E-state index in [0.717, 1.165) is 28.1 Å². The lowest BCUT2D eigenvalue weighted by Crippen LogP contribution is -2.64. The molecule has 1 aromatic heterocycles. The highest BCUT2D eigenvalue weighted by Crippen LogP contribution is 2.29. The van der Waals surface area contributed by atoms with Crippen molar-refractivity contribution in [2.24, 2.45) is 0 Å². The second-order valence-electron chi connectivity index (χ2n) is 8.84. The molecule has 11 nitrogen and oxygen atoms in total. The number of allylic oxidation sites excluding steroid dienone is 1. The quantitative estimate of drug-likeness (QED) is 0.275. The lowest BCUT2D eigenvalue weighted by atomic mass is 9.98. The van der Waals surface area contributed by atoms with E-state index < -0.39 is 52.2 Å². The average Bonchev–Trinajstić information content (AvgIpc) is 3.35. The molecule has 0 amide bonds. The normalized spacial score (nSPS) is 24.7. The van der Waals surface area contributed by atoms with E-state index in [1.165, 1.54) is 6.07 Å². The van der Waals surface area contributed by atoms with Crippen LogP contribution in [0.5, 0.6) is 0 Å². The van der Waals surface area contributed by atoms with E-state index in [-0.39, 0.29) is 5.76 Å². The lowest BCUT2D eigenvalue weighted by molar-refractivity contribution is -0.251. The first-order valence-corrected chi connectivity index (χ1v) is 12.8. The fraction of sp³-hybridized carbons (Fsp3) is 0.320. The molecule has 0 aliphatic carbocycles. The third-order valence-electron chi connectivity index (χ3n) is 6.12. The summed E-state index contributed by atoms with van der Waals surface area (Å²) in [4.78, 5) is 1.26. The Bertz CT molecular complexity index is 1460. The number of aliphatic hydroxyl groups is 4. The molecule has 1 aliphatic heterocycles. The number of sulfonamides is 1. The van der Waals surface area contributed by atoms with Crippen molar-refractivity contribution in [3.63, 3.8) is 0 Å². The van der Waals surface area contributed by atoms with Gasteiger partial charge in [-0.3, -0.25) is 0 Å². The highest BCUT2D eigenvalue weighted by atomic mass is 32.2. The van der Waals surface area contributed by atoms with Gasteiger partial charge in [-0.25, -0.2) is 8.42 Å². The van der Waals surface area contributed by atoms with E-state index in [2.05, 4.69) is 6.07 Å². The average molecular weight is 530 g/mol. The van der Waals surface area contributed by atoms with Crippen molar-refractivity contribution in [1.29, 1.82) is 5.26 Å². The Morgan fingerprint density at radius 3 is 2.46 bits per heavy atom. The standard InChI is InChI=1S/C25H27N3O8S/c1-28(2)17-6-5-14-9-16(4-3-15(14)10-17)20-8-7-18(35-20)11-19(12-26)37(33,34)27-22-24(31)23(30)21(13-29)36-25(22)32/h3-11,21-25,27,29-32H,13H2,1-2H3/b19-11+/t21-,22-,23-,24-,25?/m1/s1. The smallest absolute Gasteiger partial charge is 0.251 e. The van der Waals surface area contributed by atoms with Crippen LogP contribution in [0.2, 0.25) is 0 Å². The molecule has 2 aromatic carbocycles. The number of furan rings is 1. The topological polar surface area (TPSA) is 176 Å². The second kappa shape index (κ2) is 10.6. The summed E-state index contributed by atoms with van der Waals surface area (Å²) >= 11 is 0. The zero-order valence-corrected chi connectivity index (χ0v) is 20.8. The molecule has 5 atom stereocenters. The minimum Gasteiger partial charge on any atom is -0.457 e. The first-order chi connectivity index (χ1) is 17.5. The largest absolute Gasteiger partial charge is 0.457 e. The van der Waals surface area contributed by atoms with E-state index in [1.54, 1.807) is 12.1 Å². The molecule has 0 saturated carbocycles. The second-order valence-corrected chi connectivity index (χ2v) is 10.5. The first kappa shape index (κ1) is 26.8. The SMILES string of the molecule is CN(C)c1ccc2cc(-c3ccc(/C=C(\C#N)S(=O)(=O)N[C@H]4C(O)O[C@H](CO)[C@@H](O)[C@@H]4O)o3)ccc2c1. The Morgan fingerprint density at radius 1 is 1.08 bits per heavy atom. The zero-order chi connectivity index (χ0) is 26.9. The molecular formula is C25H27N3O8S. The van der Waals surface area contributed by atoms with Crippen LogP contribution in [0.25, 0.3) is 28.2 Å². The number of hydrogen-bond donors (Lipinski definition) is 5. The van der Waals surface area contributed by atoms with Gasteiger partial charge in [0, 0.05) is 31.4 Å². The van der Waals surface area contributed by atoms with Crippen LogP contribution in [0.3, 0.4) is 0 Å².